The van der Waals surface area contributed by atoms with Crippen LogP contribution in [0.1, 0.15) is 23.7 Å². The van der Waals surface area contributed by atoms with Crippen molar-refractivity contribution >= 4 is 17.6 Å². The van der Waals surface area contributed by atoms with Gasteiger partial charge in [-0.25, -0.2) is 9.78 Å². The smallest absolute Gasteiger partial charge is 0.338 e. The van der Waals surface area contributed by atoms with Crippen LogP contribution in [0.4, 0.5) is 5.69 Å². The first-order valence-electron chi connectivity index (χ1n) is 9.39. The van der Waals surface area contributed by atoms with Gasteiger partial charge in [-0.3, -0.25) is 4.79 Å². The maximum Gasteiger partial charge on any atom is 0.338 e. The van der Waals surface area contributed by atoms with E-state index in [0.29, 0.717) is 35.0 Å². The molecule has 2 N–H and O–H groups in total. The molecule has 0 spiro atoms. The average molecular weight is 409 g/mol. The number of nitrogens with one attached hydrogen (secondary N) is 2. The lowest BCUT2D eigenvalue weighted by Crippen LogP contribution is -2.32. The fraction of sp³-hybridized carbons (Fsp3) is 0.227. The van der Waals surface area contributed by atoms with Crippen molar-refractivity contribution in [3.8, 4) is 22.9 Å². The maximum atomic E-state index is 12.7. The van der Waals surface area contributed by atoms with Crippen LogP contribution < -0.4 is 14.8 Å². The minimum absolute atomic E-state index is 0.320. The number of aromatic amines is 1. The second kappa shape index (κ2) is 9.60. The number of ether oxygens (including phenoxy) is 3. The maximum absolute atomic E-state index is 12.7. The number of nitrogens with zero attached hydrogens (tertiary/aromatic N) is 1. The fourth-order valence-electron chi connectivity index (χ4n) is 2.82. The molecular weight excluding hydrogens is 386 g/mol. The molecule has 0 aliphatic carbocycles. The van der Waals surface area contributed by atoms with Gasteiger partial charge in [-0.15, -0.1) is 0 Å². The van der Waals surface area contributed by atoms with Gasteiger partial charge in [-0.1, -0.05) is 19.1 Å². The minimum atomic E-state index is -0.950. The molecule has 1 amide bonds. The molecule has 2 aromatic carbocycles. The molecule has 8 heteroatoms. The Balaban J connectivity index is 1.67. The number of esters is 1. The number of benzene rings is 2. The highest BCUT2D eigenvalue weighted by Gasteiger charge is 2.23. The normalized spacial score (nSPS) is 11.4. The predicted molar refractivity (Wildman–Crippen MR) is 112 cm³/mol. The van der Waals surface area contributed by atoms with Crippen LogP contribution in [0, 0.1) is 0 Å². The van der Waals surface area contributed by atoms with E-state index in [1.165, 1.54) is 7.11 Å². The molecule has 3 aromatic rings. The molecule has 0 saturated carbocycles. The third kappa shape index (κ3) is 4.78. The number of methoxy groups -OCH3 is 2. The second-order valence-corrected chi connectivity index (χ2v) is 6.37. The Morgan fingerprint density at radius 1 is 1.10 bits per heavy atom. The third-order valence-corrected chi connectivity index (χ3v) is 4.47. The third-order valence-electron chi connectivity index (χ3n) is 4.47. The summed E-state index contributed by atoms with van der Waals surface area (Å²) in [5.41, 5.74) is 1.65. The van der Waals surface area contributed by atoms with Gasteiger partial charge < -0.3 is 24.5 Å². The van der Waals surface area contributed by atoms with E-state index >= 15 is 0 Å². The highest BCUT2D eigenvalue weighted by molar-refractivity contribution is 5.98. The molecule has 0 saturated heterocycles. The summed E-state index contributed by atoms with van der Waals surface area (Å²) in [6.07, 6.45) is 2.74. The van der Waals surface area contributed by atoms with Crippen LogP contribution in [0.2, 0.25) is 0 Å². The van der Waals surface area contributed by atoms with E-state index in [2.05, 4.69) is 15.3 Å². The van der Waals surface area contributed by atoms with Gasteiger partial charge in [0, 0.05) is 24.0 Å². The quantitative estimate of drug-likeness (QED) is 0.551. The monoisotopic (exact) mass is 409 g/mol. The first kappa shape index (κ1) is 20.9. The summed E-state index contributed by atoms with van der Waals surface area (Å²) in [6.45, 7) is 1.77. The summed E-state index contributed by atoms with van der Waals surface area (Å²) in [5, 5.41) is 2.74. The van der Waals surface area contributed by atoms with Crippen molar-refractivity contribution in [3.05, 3.63) is 60.4 Å². The lowest BCUT2D eigenvalue weighted by Gasteiger charge is -2.17. The molecule has 8 nitrogen and oxygen atoms in total. The zero-order chi connectivity index (χ0) is 21.5. The number of rotatable bonds is 8. The van der Waals surface area contributed by atoms with Gasteiger partial charge in [0.05, 0.1) is 25.5 Å². The molecule has 1 atom stereocenters. The van der Waals surface area contributed by atoms with Crippen LogP contribution in [0.15, 0.2) is 54.9 Å². The van der Waals surface area contributed by atoms with E-state index in [1.807, 2.05) is 0 Å². The summed E-state index contributed by atoms with van der Waals surface area (Å²) in [7, 11) is 3.04. The van der Waals surface area contributed by atoms with E-state index < -0.39 is 18.0 Å². The molecule has 156 valence electrons. The minimum Gasteiger partial charge on any atom is -0.497 e. The van der Waals surface area contributed by atoms with Crippen LogP contribution >= 0.6 is 0 Å². The summed E-state index contributed by atoms with van der Waals surface area (Å²) >= 11 is 0. The number of carbonyl (C=O) groups excluding carboxylic acids is 2. The number of aromatic nitrogens is 2. The van der Waals surface area contributed by atoms with E-state index in [9.17, 15) is 9.59 Å². The first-order valence-corrected chi connectivity index (χ1v) is 9.39. The molecule has 0 fully saturated rings. The van der Waals surface area contributed by atoms with Crippen molar-refractivity contribution in [1.82, 2.24) is 9.97 Å². The number of hydrogen-bond acceptors (Lipinski definition) is 6. The van der Waals surface area contributed by atoms with Crippen LogP contribution in [-0.4, -0.2) is 42.2 Å². The molecule has 30 heavy (non-hydrogen) atoms. The Hall–Kier alpha value is -3.81. The van der Waals surface area contributed by atoms with Gasteiger partial charge >= 0.3 is 5.97 Å². The zero-order valence-electron chi connectivity index (χ0n) is 17.0. The van der Waals surface area contributed by atoms with Crippen LogP contribution in [-0.2, 0) is 9.53 Å². The van der Waals surface area contributed by atoms with Crippen LogP contribution in [0.5, 0.6) is 11.5 Å². The van der Waals surface area contributed by atoms with E-state index in [0.717, 1.165) is 5.56 Å². The Bertz CT molecular complexity index is 1000. The summed E-state index contributed by atoms with van der Waals surface area (Å²) in [6, 6.07) is 11.8. The molecule has 0 aliphatic rings. The topological polar surface area (TPSA) is 103 Å². The van der Waals surface area contributed by atoms with Crippen molar-refractivity contribution in [2.75, 3.05) is 19.5 Å². The summed E-state index contributed by atoms with van der Waals surface area (Å²) < 4.78 is 15.9. The predicted octanol–water partition coefficient (Wildman–Crippen LogP) is 3.67. The molecule has 1 unspecified atom stereocenters. The van der Waals surface area contributed by atoms with E-state index in [1.54, 1.807) is 68.9 Å². The average Bonchev–Trinajstić information content (AvgIpc) is 3.32. The number of hydrogen-bond donors (Lipinski definition) is 2. The highest BCUT2D eigenvalue weighted by atomic mass is 16.5. The van der Waals surface area contributed by atoms with Crippen LogP contribution in [0.3, 0.4) is 0 Å². The molecule has 0 bridgehead atoms. The summed E-state index contributed by atoms with van der Waals surface area (Å²) in [5.74, 6) is 0.721. The Labute approximate surface area is 174 Å². The van der Waals surface area contributed by atoms with Crippen LogP contribution in [0.25, 0.3) is 11.4 Å². The van der Waals surface area contributed by atoms with Crippen molar-refractivity contribution in [1.29, 1.82) is 0 Å². The van der Waals surface area contributed by atoms with Gasteiger partial charge in [-0.2, -0.15) is 0 Å². The number of anilines is 1. The van der Waals surface area contributed by atoms with Gasteiger partial charge in [0.15, 0.2) is 6.10 Å². The van der Waals surface area contributed by atoms with Crippen molar-refractivity contribution < 1.29 is 23.8 Å². The Morgan fingerprint density at radius 2 is 1.87 bits per heavy atom. The lowest BCUT2D eigenvalue weighted by molar-refractivity contribution is -0.124. The van der Waals surface area contributed by atoms with Crippen molar-refractivity contribution in [2.45, 2.75) is 19.4 Å². The number of amides is 1. The SMILES string of the molecule is CCC(OC(=O)c1ccc(-c2ncc[nH]2)cc1)C(=O)Nc1ccc(OC)cc1OC. The molecule has 1 heterocycles. The van der Waals surface area contributed by atoms with Crippen molar-refractivity contribution in [3.63, 3.8) is 0 Å². The number of imidazole rings is 1. The number of carbonyl (C=O) groups is 2. The molecule has 3 rings (SSSR count). The van der Waals surface area contributed by atoms with Gasteiger partial charge in [-0.05, 0) is 30.7 Å². The first-order chi connectivity index (χ1) is 14.5. The standard InChI is InChI=1S/C22H23N3O5/c1-4-18(21(26)25-17-10-9-16(28-2)13-19(17)29-3)30-22(27)15-7-5-14(6-8-15)20-23-11-12-24-20/h5-13,18H,4H2,1-3H3,(H,23,24)(H,25,26). The summed E-state index contributed by atoms with van der Waals surface area (Å²) in [4.78, 5) is 32.3. The molecular formula is C22H23N3O5. The number of H-pyrrole nitrogens is 1. The van der Waals surface area contributed by atoms with Gasteiger partial charge in [0.2, 0.25) is 0 Å². The molecule has 1 aromatic heterocycles. The fourth-order valence-corrected chi connectivity index (χ4v) is 2.82. The highest BCUT2D eigenvalue weighted by Crippen LogP contribution is 2.29. The second-order valence-electron chi connectivity index (χ2n) is 6.37. The van der Waals surface area contributed by atoms with Gasteiger partial charge in [0.25, 0.3) is 5.91 Å². The van der Waals surface area contributed by atoms with Crippen molar-refractivity contribution in [2.24, 2.45) is 0 Å². The van der Waals surface area contributed by atoms with Gasteiger partial charge in [0.1, 0.15) is 17.3 Å². The Morgan fingerprint density at radius 3 is 2.47 bits per heavy atom. The molecule has 0 aliphatic heterocycles. The Kier molecular flexibility index (Phi) is 6.69. The van der Waals surface area contributed by atoms with E-state index in [4.69, 9.17) is 14.2 Å². The zero-order valence-corrected chi connectivity index (χ0v) is 17.0. The lowest BCUT2D eigenvalue weighted by atomic mass is 10.1. The largest absolute Gasteiger partial charge is 0.497 e. The van der Waals surface area contributed by atoms with E-state index in [-0.39, 0.29) is 0 Å². The molecule has 0 radical (unpaired) electrons.